The summed E-state index contributed by atoms with van der Waals surface area (Å²) in [4.78, 5) is 24.5. The monoisotopic (exact) mass is 580 g/mol. The number of nitrogens with zero attached hydrogens (tertiary/aromatic N) is 2. The van der Waals surface area contributed by atoms with Crippen molar-refractivity contribution in [2.75, 3.05) is 28.2 Å². The van der Waals surface area contributed by atoms with Gasteiger partial charge in [-0.15, -0.1) is 25.0 Å². The largest absolute Gasteiger partial charge is 4.00 e. The van der Waals surface area contributed by atoms with Gasteiger partial charge in [-0.2, -0.15) is 48.6 Å². The normalized spacial score (nSPS) is 20.0. The standard InChI is InChI=1S/2C9H11F2N2O.2C5H5.Ti/c2*1-13(2)8(14)12-9(11)5-3-4-7(10)6-9;2*1-2-4-5-3-1;/h2*3-6H,1-2H3,(H,12,14);2*1-5H;/q4*-1;+4. The minimum absolute atomic E-state index is 0. The molecule has 0 spiro atoms. The van der Waals surface area contributed by atoms with Gasteiger partial charge in [0.1, 0.15) is 0 Å². The van der Waals surface area contributed by atoms with Crippen LogP contribution in [0.3, 0.4) is 0 Å². The van der Waals surface area contributed by atoms with Crippen LogP contribution in [-0.4, -0.2) is 61.6 Å². The molecule has 208 valence electrons. The van der Waals surface area contributed by atoms with Crippen LogP contribution in [0.4, 0.5) is 27.2 Å². The van der Waals surface area contributed by atoms with Gasteiger partial charge in [-0.3, -0.25) is 0 Å². The Morgan fingerprint density at radius 3 is 1.21 bits per heavy atom. The van der Waals surface area contributed by atoms with Gasteiger partial charge >= 0.3 is 33.8 Å². The number of carbonyl (C=O) groups excluding carboxylic acids is 2. The first kappa shape index (κ1) is 35.4. The quantitative estimate of drug-likeness (QED) is 0.201. The Kier molecular flexibility index (Phi) is 16.1. The number of alkyl halides is 2. The third kappa shape index (κ3) is 15.4. The van der Waals surface area contributed by atoms with Crippen molar-refractivity contribution in [2.45, 2.75) is 11.6 Å². The molecule has 0 aliphatic heterocycles. The Morgan fingerprint density at radius 2 is 1.00 bits per heavy atom. The van der Waals surface area contributed by atoms with E-state index in [1.165, 1.54) is 50.1 Å². The molecule has 2 unspecified atom stereocenters. The second-order valence-electron chi connectivity index (χ2n) is 8.22. The van der Waals surface area contributed by atoms with Crippen molar-refractivity contribution in [1.82, 2.24) is 20.4 Å². The van der Waals surface area contributed by atoms with Crippen molar-refractivity contribution in [3.8, 4) is 0 Å². The molecule has 0 aromatic heterocycles. The smallest absolute Gasteiger partial charge is 0.331 e. The molecule has 2 aliphatic rings. The Morgan fingerprint density at radius 1 is 0.692 bits per heavy atom. The molecule has 0 fully saturated rings. The number of nitrogens with one attached hydrogen (secondary N) is 2. The predicted molar refractivity (Wildman–Crippen MR) is 141 cm³/mol. The van der Waals surface area contributed by atoms with E-state index in [0.717, 1.165) is 24.3 Å². The molecule has 2 N–H and O–H groups in total. The third-order valence-corrected chi connectivity index (χ3v) is 4.40. The van der Waals surface area contributed by atoms with Crippen molar-refractivity contribution >= 4 is 12.1 Å². The predicted octanol–water partition coefficient (Wildman–Crippen LogP) is 5.91. The van der Waals surface area contributed by atoms with E-state index >= 15 is 0 Å². The number of rotatable bonds is 2. The maximum Gasteiger partial charge on any atom is 4.00 e. The van der Waals surface area contributed by atoms with E-state index in [9.17, 15) is 27.2 Å². The molecule has 2 aliphatic carbocycles. The number of carbonyl (C=O) groups is 2. The topological polar surface area (TPSA) is 64.7 Å². The van der Waals surface area contributed by atoms with Crippen LogP contribution >= 0.6 is 0 Å². The molecule has 11 heteroatoms. The zero-order chi connectivity index (χ0) is 28.6. The number of amides is 4. The molecule has 6 nitrogen and oxygen atoms in total. The van der Waals surface area contributed by atoms with Crippen LogP contribution in [0.15, 0.2) is 109 Å². The number of hydrogen-bond donors (Lipinski definition) is 2. The Balaban J connectivity index is 0.000000537. The molecule has 0 heterocycles. The van der Waals surface area contributed by atoms with Crippen LogP contribution < -0.4 is 10.6 Å². The summed E-state index contributed by atoms with van der Waals surface area (Å²) >= 11 is 0. The van der Waals surface area contributed by atoms with Crippen LogP contribution in [0.1, 0.15) is 0 Å². The summed E-state index contributed by atoms with van der Waals surface area (Å²) in [5, 5.41) is 4.04. The first-order chi connectivity index (χ1) is 17.9. The molecule has 0 saturated heterocycles. The summed E-state index contributed by atoms with van der Waals surface area (Å²) in [6.45, 7) is 0. The molecule has 2 aromatic carbocycles. The van der Waals surface area contributed by atoms with E-state index in [0.29, 0.717) is 12.8 Å². The minimum Gasteiger partial charge on any atom is -0.331 e. The summed E-state index contributed by atoms with van der Waals surface area (Å²) in [5.41, 5.74) is 0. The molecular weight excluding hydrogens is 548 g/mol. The molecule has 4 rings (SSSR count). The van der Waals surface area contributed by atoms with Crippen molar-refractivity contribution < 1.29 is 48.9 Å². The zero-order valence-electron chi connectivity index (χ0n) is 22.1. The Hall–Kier alpha value is -3.63. The van der Waals surface area contributed by atoms with Crippen LogP contribution in [0.25, 0.3) is 0 Å². The fourth-order valence-electron chi connectivity index (χ4n) is 2.50. The number of hydrogen-bond acceptors (Lipinski definition) is 2. The fourth-order valence-corrected chi connectivity index (χ4v) is 2.50. The third-order valence-electron chi connectivity index (χ3n) is 4.40. The Bertz CT molecular complexity index is 963. The summed E-state index contributed by atoms with van der Waals surface area (Å²) in [6, 6.07) is 18.8. The van der Waals surface area contributed by atoms with E-state index < -0.39 is 35.3 Å². The molecular formula is C28H32F4N4O2Ti. The minimum atomic E-state index is -2.24. The summed E-state index contributed by atoms with van der Waals surface area (Å²) in [5.74, 6) is -5.90. The molecule has 0 radical (unpaired) electrons. The van der Waals surface area contributed by atoms with E-state index in [1.54, 1.807) is 0 Å². The maximum absolute atomic E-state index is 13.7. The number of allylic oxidation sites excluding steroid dienone is 4. The molecule has 2 aromatic rings. The second kappa shape index (κ2) is 17.8. The average Bonchev–Trinajstić information content (AvgIpc) is 3.58. The maximum atomic E-state index is 13.7. The zero-order valence-corrected chi connectivity index (χ0v) is 23.7. The van der Waals surface area contributed by atoms with Crippen molar-refractivity contribution in [1.29, 1.82) is 0 Å². The first-order valence-electron chi connectivity index (χ1n) is 11.4. The van der Waals surface area contributed by atoms with Gasteiger partial charge < -0.3 is 20.4 Å². The van der Waals surface area contributed by atoms with Crippen LogP contribution in [0.2, 0.25) is 0 Å². The van der Waals surface area contributed by atoms with Crippen LogP contribution in [0, 0.1) is 12.8 Å². The van der Waals surface area contributed by atoms with Gasteiger partial charge in [-0.1, -0.05) is 12.2 Å². The van der Waals surface area contributed by atoms with Crippen LogP contribution in [-0.2, 0) is 21.7 Å². The van der Waals surface area contributed by atoms with Crippen molar-refractivity contribution in [3.63, 3.8) is 0 Å². The first-order valence-corrected chi connectivity index (χ1v) is 11.4. The SMILES string of the molecule is CN(C)C(=O)NC1(F)C=CC=C(F)[CH-]1.CN(C)C(=O)NC1(F)C=CC=C(F)[CH-]1.[Ti+4].c1cc[cH-]c1.c1cc[cH-]c1. The van der Waals surface area contributed by atoms with Gasteiger partial charge in [0.2, 0.25) is 0 Å². The fraction of sp³-hybridized carbons (Fsp3) is 0.214. The van der Waals surface area contributed by atoms with E-state index in [-0.39, 0.29) is 21.7 Å². The molecule has 39 heavy (non-hydrogen) atoms. The molecule has 4 amide bonds. The average molecular weight is 580 g/mol. The van der Waals surface area contributed by atoms with E-state index in [4.69, 9.17) is 0 Å². The number of urea groups is 2. The summed E-state index contributed by atoms with van der Waals surface area (Å²) < 4.78 is 52.7. The van der Waals surface area contributed by atoms with Gasteiger partial charge in [0, 0.05) is 28.2 Å². The van der Waals surface area contributed by atoms with E-state index in [1.807, 2.05) is 71.3 Å². The number of halogens is 4. The summed E-state index contributed by atoms with van der Waals surface area (Å²) in [6.07, 6.45) is 8.19. The Labute approximate surface area is 242 Å². The van der Waals surface area contributed by atoms with E-state index in [2.05, 4.69) is 0 Å². The molecule has 2 atom stereocenters. The summed E-state index contributed by atoms with van der Waals surface area (Å²) in [7, 11) is 5.88. The van der Waals surface area contributed by atoms with Gasteiger partial charge in [0.15, 0.2) is 11.6 Å². The van der Waals surface area contributed by atoms with Crippen molar-refractivity contribution in [3.05, 3.63) is 122 Å². The van der Waals surface area contributed by atoms with Gasteiger partial charge in [-0.25, -0.2) is 51.4 Å². The molecule has 0 bridgehead atoms. The molecule has 0 saturated carbocycles. The van der Waals surface area contributed by atoms with Gasteiger partial charge in [0.05, 0.1) is 0 Å². The van der Waals surface area contributed by atoms with Crippen molar-refractivity contribution in [2.24, 2.45) is 0 Å². The second-order valence-corrected chi connectivity index (χ2v) is 8.22. The van der Waals surface area contributed by atoms with Gasteiger partial charge in [0.25, 0.3) is 0 Å². The van der Waals surface area contributed by atoms with Crippen LogP contribution in [0.5, 0.6) is 0 Å². The van der Waals surface area contributed by atoms with Gasteiger partial charge in [-0.05, 0) is 11.7 Å².